The SMILES string of the molecule is C=C/C=C(\C=C)Oc1ccc(Cc2ncnc3cc(OC)c(OC)cc23)cc1. The third-order valence-corrected chi connectivity index (χ3v) is 4.24. The van der Waals surface area contributed by atoms with Crippen molar-refractivity contribution in [3.05, 3.63) is 91.1 Å². The Kier molecular flexibility index (Phi) is 6.07. The Bertz CT molecular complexity index is 1020. The third-order valence-electron chi connectivity index (χ3n) is 4.24. The van der Waals surface area contributed by atoms with Crippen molar-refractivity contribution in [2.75, 3.05) is 14.2 Å². The lowest BCUT2D eigenvalue weighted by Crippen LogP contribution is -1.98. The Morgan fingerprint density at radius 3 is 2.36 bits per heavy atom. The van der Waals surface area contributed by atoms with Gasteiger partial charge in [-0.3, -0.25) is 0 Å². The summed E-state index contributed by atoms with van der Waals surface area (Å²) in [5.74, 6) is 2.67. The van der Waals surface area contributed by atoms with E-state index in [2.05, 4.69) is 23.1 Å². The van der Waals surface area contributed by atoms with Crippen molar-refractivity contribution < 1.29 is 14.2 Å². The van der Waals surface area contributed by atoms with Gasteiger partial charge in [0, 0.05) is 17.9 Å². The fourth-order valence-electron chi connectivity index (χ4n) is 2.84. The van der Waals surface area contributed by atoms with Gasteiger partial charge in [0.25, 0.3) is 0 Å². The molecule has 0 saturated heterocycles. The predicted molar refractivity (Wildman–Crippen MR) is 111 cm³/mol. The molecule has 0 aliphatic carbocycles. The zero-order chi connectivity index (χ0) is 19.9. The highest BCUT2D eigenvalue weighted by molar-refractivity contribution is 5.84. The summed E-state index contributed by atoms with van der Waals surface area (Å²) < 4.78 is 16.5. The molecule has 0 bridgehead atoms. The molecular formula is C23H22N2O3. The van der Waals surface area contributed by atoms with Gasteiger partial charge in [0.1, 0.15) is 17.8 Å². The molecule has 0 radical (unpaired) electrons. The minimum atomic E-state index is 0.644. The van der Waals surface area contributed by atoms with Gasteiger partial charge in [-0.1, -0.05) is 31.4 Å². The first-order chi connectivity index (χ1) is 13.7. The Labute approximate surface area is 164 Å². The average molecular weight is 374 g/mol. The summed E-state index contributed by atoms with van der Waals surface area (Å²) in [6.45, 7) is 7.40. The van der Waals surface area contributed by atoms with E-state index in [4.69, 9.17) is 14.2 Å². The van der Waals surface area contributed by atoms with E-state index in [1.165, 1.54) is 0 Å². The van der Waals surface area contributed by atoms with Crippen molar-refractivity contribution in [2.24, 2.45) is 0 Å². The quantitative estimate of drug-likeness (QED) is 0.416. The second-order valence-electron chi connectivity index (χ2n) is 5.98. The lowest BCUT2D eigenvalue weighted by Gasteiger charge is -2.11. The molecule has 5 nitrogen and oxygen atoms in total. The molecule has 0 N–H and O–H groups in total. The van der Waals surface area contributed by atoms with Gasteiger partial charge in [-0.05, 0) is 35.9 Å². The number of hydrogen-bond donors (Lipinski definition) is 0. The van der Waals surface area contributed by atoms with Crippen molar-refractivity contribution in [1.82, 2.24) is 9.97 Å². The van der Waals surface area contributed by atoms with Gasteiger partial charge in [0.05, 0.1) is 25.4 Å². The van der Waals surface area contributed by atoms with Crippen LogP contribution in [0, 0.1) is 0 Å². The Balaban J connectivity index is 1.87. The summed E-state index contributed by atoms with van der Waals surface area (Å²) in [7, 11) is 3.22. The molecule has 5 heteroatoms. The fraction of sp³-hybridized carbons (Fsp3) is 0.130. The number of methoxy groups -OCH3 is 2. The zero-order valence-electron chi connectivity index (χ0n) is 16.0. The van der Waals surface area contributed by atoms with Crippen molar-refractivity contribution >= 4 is 10.9 Å². The lowest BCUT2D eigenvalue weighted by molar-refractivity contribution is 0.355. The molecule has 1 aromatic heterocycles. The van der Waals surface area contributed by atoms with Crippen LogP contribution in [-0.4, -0.2) is 24.2 Å². The lowest BCUT2D eigenvalue weighted by atomic mass is 10.1. The number of rotatable bonds is 8. The van der Waals surface area contributed by atoms with Crippen LogP contribution in [0.1, 0.15) is 11.3 Å². The second-order valence-corrected chi connectivity index (χ2v) is 5.98. The molecule has 0 amide bonds. The number of fused-ring (bicyclic) bond motifs is 1. The molecule has 0 unspecified atom stereocenters. The first kappa shape index (κ1) is 19.2. The van der Waals surface area contributed by atoms with Gasteiger partial charge < -0.3 is 14.2 Å². The summed E-state index contributed by atoms with van der Waals surface area (Å²) in [5, 5.41) is 0.934. The van der Waals surface area contributed by atoms with Gasteiger partial charge >= 0.3 is 0 Å². The van der Waals surface area contributed by atoms with Crippen LogP contribution in [0.15, 0.2) is 79.9 Å². The maximum Gasteiger partial charge on any atom is 0.162 e. The molecule has 0 fully saturated rings. The van der Waals surface area contributed by atoms with E-state index in [0.29, 0.717) is 23.7 Å². The summed E-state index contributed by atoms with van der Waals surface area (Å²) in [4.78, 5) is 8.82. The van der Waals surface area contributed by atoms with E-state index in [1.54, 1.807) is 38.8 Å². The highest BCUT2D eigenvalue weighted by Gasteiger charge is 2.11. The van der Waals surface area contributed by atoms with Crippen LogP contribution < -0.4 is 14.2 Å². The first-order valence-corrected chi connectivity index (χ1v) is 8.76. The van der Waals surface area contributed by atoms with Gasteiger partial charge in [0.2, 0.25) is 0 Å². The van der Waals surface area contributed by atoms with Gasteiger partial charge in [-0.15, -0.1) is 0 Å². The third kappa shape index (κ3) is 4.20. The van der Waals surface area contributed by atoms with E-state index < -0.39 is 0 Å². The van der Waals surface area contributed by atoms with Crippen LogP contribution in [0.2, 0.25) is 0 Å². The van der Waals surface area contributed by atoms with E-state index in [9.17, 15) is 0 Å². The molecular weight excluding hydrogens is 352 g/mol. The Morgan fingerprint density at radius 1 is 1.00 bits per heavy atom. The van der Waals surface area contributed by atoms with Crippen molar-refractivity contribution in [1.29, 1.82) is 0 Å². The monoisotopic (exact) mass is 374 g/mol. The molecule has 2 aromatic carbocycles. The second kappa shape index (κ2) is 8.86. The van der Waals surface area contributed by atoms with Gasteiger partial charge in [-0.25, -0.2) is 9.97 Å². The zero-order valence-corrected chi connectivity index (χ0v) is 16.0. The Hall–Kier alpha value is -3.60. The van der Waals surface area contributed by atoms with Crippen LogP contribution in [0.3, 0.4) is 0 Å². The van der Waals surface area contributed by atoms with Crippen molar-refractivity contribution in [2.45, 2.75) is 6.42 Å². The van der Waals surface area contributed by atoms with E-state index in [1.807, 2.05) is 36.4 Å². The minimum absolute atomic E-state index is 0.644. The van der Waals surface area contributed by atoms with Crippen molar-refractivity contribution in [3.63, 3.8) is 0 Å². The fourth-order valence-corrected chi connectivity index (χ4v) is 2.84. The van der Waals surface area contributed by atoms with Crippen LogP contribution >= 0.6 is 0 Å². The molecule has 28 heavy (non-hydrogen) atoms. The normalized spacial score (nSPS) is 11.1. The standard InChI is InChI=1S/C23H22N2O3/c1-5-7-17(6-2)28-18-10-8-16(9-11-18)12-20-19-13-22(26-3)23(27-4)14-21(19)25-15-24-20/h5-11,13-15H,1-2,12H2,3-4H3/b17-7+. The van der Waals surface area contributed by atoms with Crippen LogP contribution in [0.25, 0.3) is 10.9 Å². The molecule has 1 heterocycles. The molecule has 0 saturated carbocycles. The van der Waals surface area contributed by atoms with E-state index >= 15 is 0 Å². The molecule has 0 atom stereocenters. The summed E-state index contributed by atoms with van der Waals surface area (Å²) in [6, 6.07) is 11.6. The summed E-state index contributed by atoms with van der Waals surface area (Å²) in [5.41, 5.74) is 2.83. The molecule has 142 valence electrons. The molecule has 3 aromatic rings. The topological polar surface area (TPSA) is 53.5 Å². The number of hydrogen-bond acceptors (Lipinski definition) is 5. The maximum absolute atomic E-state index is 5.75. The Morgan fingerprint density at radius 2 is 1.71 bits per heavy atom. The first-order valence-electron chi connectivity index (χ1n) is 8.76. The van der Waals surface area contributed by atoms with Crippen molar-refractivity contribution in [3.8, 4) is 17.2 Å². The number of ether oxygens (including phenoxy) is 3. The molecule has 0 aliphatic rings. The maximum atomic E-state index is 5.75. The number of benzene rings is 2. The summed E-state index contributed by atoms with van der Waals surface area (Å²) >= 11 is 0. The van der Waals surface area contributed by atoms with E-state index in [-0.39, 0.29) is 0 Å². The number of aromatic nitrogens is 2. The molecule has 3 rings (SSSR count). The van der Waals surface area contributed by atoms with Gasteiger partial charge in [0.15, 0.2) is 11.5 Å². The van der Waals surface area contributed by atoms with Crippen LogP contribution in [-0.2, 0) is 6.42 Å². The average Bonchev–Trinajstić information content (AvgIpc) is 2.74. The summed E-state index contributed by atoms with van der Waals surface area (Å²) in [6.07, 6.45) is 7.29. The highest BCUT2D eigenvalue weighted by Crippen LogP contribution is 2.32. The van der Waals surface area contributed by atoms with E-state index in [0.717, 1.165) is 27.9 Å². The number of allylic oxidation sites excluding steroid dienone is 3. The smallest absolute Gasteiger partial charge is 0.162 e. The largest absolute Gasteiger partial charge is 0.493 e. The minimum Gasteiger partial charge on any atom is -0.493 e. The van der Waals surface area contributed by atoms with Gasteiger partial charge in [-0.2, -0.15) is 0 Å². The highest BCUT2D eigenvalue weighted by atomic mass is 16.5. The van der Waals surface area contributed by atoms with Crippen LogP contribution in [0.5, 0.6) is 17.2 Å². The molecule has 0 spiro atoms. The molecule has 0 aliphatic heterocycles. The predicted octanol–water partition coefficient (Wildman–Crippen LogP) is 4.87. The number of nitrogens with zero attached hydrogens (tertiary/aromatic N) is 2. The van der Waals surface area contributed by atoms with Crippen LogP contribution in [0.4, 0.5) is 0 Å².